The van der Waals surface area contributed by atoms with Gasteiger partial charge >= 0.3 is 5.63 Å². The minimum Gasteiger partial charge on any atom is -0.506 e. The average molecular weight is 325 g/mol. The zero-order valence-electron chi connectivity index (χ0n) is 12.3. The van der Waals surface area contributed by atoms with Gasteiger partial charge in [-0.3, -0.25) is 4.98 Å². The van der Waals surface area contributed by atoms with Gasteiger partial charge in [0.05, 0.1) is 0 Å². The molecule has 0 aliphatic heterocycles. The van der Waals surface area contributed by atoms with Crippen molar-refractivity contribution in [3.63, 3.8) is 0 Å². The van der Waals surface area contributed by atoms with Crippen LogP contribution >= 0.6 is 11.8 Å². The third kappa shape index (κ3) is 3.81. The van der Waals surface area contributed by atoms with Crippen molar-refractivity contribution in [1.29, 1.82) is 0 Å². The SMILES string of the molecule is O=c1oc(-c2ccncc2)cc(O)c1SCCc1ccccc1. The lowest BCUT2D eigenvalue weighted by Gasteiger charge is -2.06. The highest BCUT2D eigenvalue weighted by Crippen LogP contribution is 2.29. The Morgan fingerprint density at radius 1 is 1.09 bits per heavy atom. The van der Waals surface area contributed by atoms with E-state index in [1.165, 1.54) is 23.4 Å². The van der Waals surface area contributed by atoms with Crippen molar-refractivity contribution >= 4 is 11.8 Å². The maximum Gasteiger partial charge on any atom is 0.353 e. The topological polar surface area (TPSA) is 63.3 Å². The molecule has 2 aromatic heterocycles. The summed E-state index contributed by atoms with van der Waals surface area (Å²) in [5.74, 6) is 0.977. The van der Waals surface area contributed by atoms with E-state index in [0.29, 0.717) is 17.1 Å². The first-order valence-electron chi connectivity index (χ1n) is 7.18. The number of hydrogen-bond acceptors (Lipinski definition) is 5. The molecular formula is C18H15NO3S. The Morgan fingerprint density at radius 3 is 2.52 bits per heavy atom. The summed E-state index contributed by atoms with van der Waals surface area (Å²) in [6, 6.07) is 14.9. The second-order valence-corrected chi connectivity index (χ2v) is 6.04. The third-order valence-electron chi connectivity index (χ3n) is 3.33. The maximum absolute atomic E-state index is 12.1. The largest absolute Gasteiger partial charge is 0.506 e. The van der Waals surface area contributed by atoms with Crippen molar-refractivity contribution in [3.05, 3.63) is 76.9 Å². The van der Waals surface area contributed by atoms with E-state index in [4.69, 9.17) is 4.42 Å². The van der Waals surface area contributed by atoms with Gasteiger partial charge in [-0.2, -0.15) is 0 Å². The second kappa shape index (κ2) is 7.15. The van der Waals surface area contributed by atoms with E-state index >= 15 is 0 Å². The number of benzene rings is 1. The van der Waals surface area contributed by atoms with Crippen molar-refractivity contribution < 1.29 is 9.52 Å². The van der Waals surface area contributed by atoms with E-state index in [1.54, 1.807) is 24.5 Å². The highest BCUT2D eigenvalue weighted by Gasteiger charge is 2.13. The van der Waals surface area contributed by atoms with Crippen molar-refractivity contribution in [3.8, 4) is 17.1 Å². The molecule has 0 unspecified atom stereocenters. The Kier molecular flexibility index (Phi) is 4.78. The summed E-state index contributed by atoms with van der Waals surface area (Å²) in [6.07, 6.45) is 4.03. The first kappa shape index (κ1) is 15.4. The molecule has 0 fully saturated rings. The molecule has 1 N–H and O–H groups in total. The lowest BCUT2D eigenvalue weighted by Crippen LogP contribution is -2.04. The monoisotopic (exact) mass is 325 g/mol. The van der Waals surface area contributed by atoms with Crippen LogP contribution in [0.1, 0.15) is 5.56 Å². The van der Waals surface area contributed by atoms with Crippen LogP contribution in [0.2, 0.25) is 0 Å². The molecule has 5 heteroatoms. The molecule has 3 aromatic rings. The summed E-state index contributed by atoms with van der Waals surface area (Å²) < 4.78 is 5.31. The smallest absolute Gasteiger partial charge is 0.353 e. The number of nitrogens with zero attached hydrogens (tertiary/aromatic N) is 1. The summed E-state index contributed by atoms with van der Waals surface area (Å²) >= 11 is 1.30. The molecule has 0 radical (unpaired) electrons. The number of rotatable bonds is 5. The lowest BCUT2D eigenvalue weighted by molar-refractivity contribution is 0.430. The van der Waals surface area contributed by atoms with Crippen LogP contribution in [0.25, 0.3) is 11.3 Å². The van der Waals surface area contributed by atoms with E-state index in [0.717, 1.165) is 6.42 Å². The average Bonchev–Trinajstić information content (AvgIpc) is 2.59. The van der Waals surface area contributed by atoms with Crippen LogP contribution in [0.4, 0.5) is 0 Å². The Bertz CT molecular complexity index is 832. The van der Waals surface area contributed by atoms with Crippen LogP contribution < -0.4 is 5.63 Å². The zero-order valence-corrected chi connectivity index (χ0v) is 13.1. The van der Waals surface area contributed by atoms with Gasteiger partial charge in [0.2, 0.25) is 0 Å². The summed E-state index contributed by atoms with van der Waals surface area (Å²) in [4.78, 5) is 16.3. The Morgan fingerprint density at radius 2 is 1.83 bits per heavy atom. The molecule has 2 heterocycles. The Balaban J connectivity index is 1.75. The quantitative estimate of drug-likeness (QED) is 0.724. The maximum atomic E-state index is 12.1. The van der Waals surface area contributed by atoms with Crippen molar-refractivity contribution in [2.24, 2.45) is 0 Å². The van der Waals surface area contributed by atoms with Gasteiger partial charge in [0.25, 0.3) is 0 Å². The molecule has 0 atom stereocenters. The fraction of sp³-hybridized carbons (Fsp3) is 0.111. The normalized spacial score (nSPS) is 10.6. The second-order valence-electron chi connectivity index (χ2n) is 4.93. The molecule has 23 heavy (non-hydrogen) atoms. The zero-order chi connectivity index (χ0) is 16.1. The van der Waals surface area contributed by atoms with E-state index < -0.39 is 5.63 Å². The summed E-state index contributed by atoms with van der Waals surface area (Å²) in [5, 5.41) is 10.1. The molecular weight excluding hydrogens is 310 g/mol. The molecule has 0 spiro atoms. The highest BCUT2D eigenvalue weighted by atomic mass is 32.2. The summed E-state index contributed by atoms with van der Waals surface area (Å²) in [5.41, 5.74) is 1.38. The predicted molar refractivity (Wildman–Crippen MR) is 90.7 cm³/mol. The fourth-order valence-corrected chi connectivity index (χ4v) is 3.09. The number of aryl methyl sites for hydroxylation is 1. The molecule has 4 nitrogen and oxygen atoms in total. The molecule has 0 saturated carbocycles. The molecule has 116 valence electrons. The van der Waals surface area contributed by atoms with E-state index in [9.17, 15) is 9.90 Å². The van der Waals surface area contributed by atoms with E-state index in [-0.39, 0.29) is 10.6 Å². The number of pyridine rings is 1. The van der Waals surface area contributed by atoms with Gasteiger partial charge in [0.15, 0.2) is 0 Å². The van der Waals surface area contributed by atoms with Gasteiger partial charge in [-0.05, 0) is 24.1 Å². The Labute approximate surface area is 137 Å². The minimum absolute atomic E-state index is 0.0499. The number of thioether (sulfide) groups is 1. The third-order valence-corrected chi connectivity index (χ3v) is 4.41. The highest BCUT2D eigenvalue weighted by molar-refractivity contribution is 7.99. The van der Waals surface area contributed by atoms with Crippen LogP contribution in [-0.4, -0.2) is 15.8 Å². The molecule has 0 amide bonds. The summed E-state index contributed by atoms with van der Waals surface area (Å²) in [6.45, 7) is 0. The molecule has 0 aliphatic carbocycles. The number of hydrogen-bond donors (Lipinski definition) is 1. The molecule has 0 saturated heterocycles. The first-order chi connectivity index (χ1) is 11.2. The predicted octanol–water partition coefficient (Wildman–Crippen LogP) is 3.74. The van der Waals surface area contributed by atoms with Crippen molar-refractivity contribution in [2.45, 2.75) is 11.3 Å². The number of aromatic hydroxyl groups is 1. The van der Waals surface area contributed by atoms with Crippen LogP contribution in [0.5, 0.6) is 5.75 Å². The lowest BCUT2D eigenvalue weighted by atomic mass is 10.2. The van der Waals surface area contributed by atoms with Gasteiger partial charge < -0.3 is 9.52 Å². The van der Waals surface area contributed by atoms with Crippen LogP contribution in [0, 0.1) is 0 Å². The standard InChI is InChI=1S/C18H15NO3S/c20-15-12-16(14-6-9-19-10-7-14)22-18(21)17(15)23-11-8-13-4-2-1-3-5-13/h1-7,9-10,12,20H,8,11H2. The minimum atomic E-state index is -0.519. The first-order valence-corrected chi connectivity index (χ1v) is 8.17. The van der Waals surface area contributed by atoms with Gasteiger partial charge in [-0.1, -0.05) is 30.3 Å². The van der Waals surface area contributed by atoms with Gasteiger partial charge in [-0.15, -0.1) is 11.8 Å². The molecule has 3 rings (SSSR count). The van der Waals surface area contributed by atoms with Crippen molar-refractivity contribution in [2.75, 3.05) is 5.75 Å². The van der Waals surface area contributed by atoms with Gasteiger partial charge in [0.1, 0.15) is 16.4 Å². The van der Waals surface area contributed by atoms with E-state index in [1.807, 2.05) is 30.3 Å². The van der Waals surface area contributed by atoms with E-state index in [2.05, 4.69) is 4.98 Å². The molecule has 0 aliphatic rings. The van der Waals surface area contributed by atoms with Crippen LogP contribution in [0.15, 0.2) is 75.0 Å². The Hall–Kier alpha value is -2.53. The van der Waals surface area contributed by atoms with Gasteiger partial charge in [0, 0.05) is 29.8 Å². The number of aromatic nitrogens is 1. The van der Waals surface area contributed by atoms with Gasteiger partial charge in [-0.25, -0.2) is 4.79 Å². The summed E-state index contributed by atoms with van der Waals surface area (Å²) in [7, 11) is 0. The van der Waals surface area contributed by atoms with Crippen molar-refractivity contribution in [1.82, 2.24) is 4.98 Å². The molecule has 1 aromatic carbocycles. The van der Waals surface area contributed by atoms with Crippen LogP contribution in [-0.2, 0) is 6.42 Å². The molecule has 0 bridgehead atoms. The fourth-order valence-electron chi connectivity index (χ4n) is 2.18. The van der Waals surface area contributed by atoms with Crippen LogP contribution in [0.3, 0.4) is 0 Å².